The minimum absolute atomic E-state index is 0.227. The average Bonchev–Trinajstić information content (AvgIpc) is 3.26. The molecular formula is C17H18F3N3O5S2. The molecule has 4 N–H and O–H groups in total. The standard InChI is InChI=1S/C15H17N3O3S2.C2HF3O2/c1-9-7-12-11(5-6-16-15(12)17-9)13-3-4-14(22-13)23(20,21)18-10(2)8-19;3-2(4,5)1(6)7/h3-7,10,18-19H,8H2,1-2H3,(H,16,17);(H,6,7)/t10-;/m1./s1. The lowest BCUT2D eigenvalue weighted by Gasteiger charge is -2.09. The second-order valence-corrected chi connectivity index (χ2v) is 9.22. The number of hydrogen-bond acceptors (Lipinski definition) is 6. The van der Waals surface area contributed by atoms with E-state index in [0.29, 0.717) is 0 Å². The molecule has 3 aromatic rings. The highest BCUT2D eigenvalue weighted by Gasteiger charge is 2.38. The van der Waals surface area contributed by atoms with Crippen molar-refractivity contribution < 1.29 is 36.6 Å². The third kappa shape index (κ3) is 5.78. The second kappa shape index (κ2) is 9.12. The lowest BCUT2D eigenvalue weighted by Crippen LogP contribution is -2.34. The molecule has 0 bridgehead atoms. The van der Waals surface area contributed by atoms with Crippen molar-refractivity contribution in [2.75, 3.05) is 6.61 Å². The van der Waals surface area contributed by atoms with Gasteiger partial charge in [0.25, 0.3) is 0 Å². The number of aliphatic hydroxyl groups is 1. The molecule has 13 heteroatoms. The summed E-state index contributed by atoms with van der Waals surface area (Å²) in [6, 6.07) is 6.72. The average molecular weight is 465 g/mol. The number of aliphatic hydroxyl groups excluding tert-OH is 1. The molecule has 0 saturated heterocycles. The monoisotopic (exact) mass is 465 g/mol. The van der Waals surface area contributed by atoms with E-state index >= 15 is 0 Å². The highest BCUT2D eigenvalue weighted by atomic mass is 32.2. The number of carboxylic acid groups (broad SMARTS) is 1. The van der Waals surface area contributed by atoms with Gasteiger partial charge in [0, 0.05) is 33.8 Å². The number of rotatable bonds is 5. The Morgan fingerprint density at radius 1 is 1.33 bits per heavy atom. The molecule has 1 atom stereocenters. The van der Waals surface area contributed by atoms with Gasteiger partial charge in [-0.15, -0.1) is 11.3 Å². The van der Waals surface area contributed by atoms with Crippen LogP contribution in [0.25, 0.3) is 21.5 Å². The van der Waals surface area contributed by atoms with Crippen LogP contribution in [0.3, 0.4) is 0 Å². The highest BCUT2D eigenvalue weighted by Crippen LogP contribution is 2.34. The van der Waals surface area contributed by atoms with Crippen molar-refractivity contribution in [3.05, 3.63) is 36.2 Å². The molecule has 0 aliphatic carbocycles. The number of aryl methyl sites for hydroxylation is 1. The second-order valence-electron chi connectivity index (χ2n) is 6.20. The number of H-pyrrole nitrogens is 1. The first kappa shape index (κ1) is 23.8. The fraction of sp³-hybridized carbons (Fsp3) is 0.294. The number of carbonyl (C=O) groups is 1. The Balaban J connectivity index is 0.000000396. The van der Waals surface area contributed by atoms with Gasteiger partial charge in [-0.25, -0.2) is 22.9 Å². The first-order valence-electron chi connectivity index (χ1n) is 8.33. The van der Waals surface area contributed by atoms with E-state index in [1.54, 1.807) is 25.3 Å². The summed E-state index contributed by atoms with van der Waals surface area (Å²) in [5.41, 5.74) is 2.73. The fourth-order valence-corrected chi connectivity index (χ4v) is 4.94. The van der Waals surface area contributed by atoms with E-state index in [2.05, 4.69) is 14.7 Å². The summed E-state index contributed by atoms with van der Waals surface area (Å²) >= 11 is 1.20. The molecule has 3 rings (SSSR count). The molecular weight excluding hydrogens is 447 g/mol. The molecule has 164 valence electrons. The molecule has 0 aliphatic heterocycles. The molecule has 3 aromatic heterocycles. The van der Waals surface area contributed by atoms with Crippen LogP contribution in [0.15, 0.2) is 34.7 Å². The minimum Gasteiger partial charge on any atom is -0.475 e. The number of halogens is 3. The van der Waals surface area contributed by atoms with Gasteiger partial charge in [-0.1, -0.05) is 0 Å². The molecule has 8 nitrogen and oxygen atoms in total. The van der Waals surface area contributed by atoms with Crippen LogP contribution in [0, 0.1) is 6.92 Å². The normalized spacial score (nSPS) is 13.0. The van der Waals surface area contributed by atoms with E-state index < -0.39 is 28.2 Å². The summed E-state index contributed by atoms with van der Waals surface area (Å²) in [6.45, 7) is 3.32. The Bertz CT molecular complexity index is 1140. The Morgan fingerprint density at radius 3 is 2.53 bits per heavy atom. The maximum Gasteiger partial charge on any atom is 0.490 e. The van der Waals surface area contributed by atoms with E-state index in [0.717, 1.165) is 27.2 Å². The van der Waals surface area contributed by atoms with Gasteiger partial charge in [0.2, 0.25) is 10.0 Å². The quantitative estimate of drug-likeness (QED) is 0.458. The van der Waals surface area contributed by atoms with Gasteiger partial charge in [-0.05, 0) is 38.1 Å². The number of hydrogen-bond donors (Lipinski definition) is 4. The van der Waals surface area contributed by atoms with Crippen molar-refractivity contribution in [2.24, 2.45) is 0 Å². The smallest absolute Gasteiger partial charge is 0.475 e. The van der Waals surface area contributed by atoms with Crippen LogP contribution in [0.4, 0.5) is 13.2 Å². The van der Waals surface area contributed by atoms with Crippen molar-refractivity contribution in [1.82, 2.24) is 14.7 Å². The number of sulfonamides is 1. The van der Waals surface area contributed by atoms with Gasteiger partial charge in [0.15, 0.2) is 0 Å². The third-order valence-corrected chi connectivity index (χ3v) is 6.85. The number of fused-ring (bicyclic) bond motifs is 1. The predicted molar refractivity (Wildman–Crippen MR) is 105 cm³/mol. The zero-order valence-corrected chi connectivity index (χ0v) is 17.3. The van der Waals surface area contributed by atoms with Crippen molar-refractivity contribution in [2.45, 2.75) is 30.3 Å². The Morgan fingerprint density at radius 2 is 1.97 bits per heavy atom. The number of aliphatic carboxylic acids is 1. The van der Waals surface area contributed by atoms with Crippen molar-refractivity contribution in [3.8, 4) is 10.4 Å². The number of thiophene rings is 1. The molecule has 0 aromatic carbocycles. The minimum atomic E-state index is -5.08. The van der Waals surface area contributed by atoms with E-state index in [9.17, 15) is 21.6 Å². The summed E-state index contributed by atoms with van der Waals surface area (Å²) in [6.07, 6.45) is -3.38. The van der Waals surface area contributed by atoms with Crippen LogP contribution >= 0.6 is 11.3 Å². The fourth-order valence-electron chi connectivity index (χ4n) is 2.34. The molecule has 30 heavy (non-hydrogen) atoms. The van der Waals surface area contributed by atoms with E-state index in [-0.39, 0.29) is 10.8 Å². The molecule has 0 amide bonds. The van der Waals surface area contributed by atoms with Gasteiger partial charge in [0.1, 0.15) is 9.86 Å². The molecule has 0 aliphatic rings. The van der Waals surface area contributed by atoms with Gasteiger partial charge < -0.3 is 15.2 Å². The predicted octanol–water partition coefficient (Wildman–Crippen LogP) is 2.89. The summed E-state index contributed by atoms with van der Waals surface area (Å²) in [4.78, 5) is 17.2. The van der Waals surface area contributed by atoms with Crippen molar-refractivity contribution >= 4 is 38.4 Å². The largest absolute Gasteiger partial charge is 0.490 e. The number of pyridine rings is 1. The first-order valence-corrected chi connectivity index (χ1v) is 10.6. The van der Waals surface area contributed by atoms with Gasteiger partial charge in [-0.2, -0.15) is 13.2 Å². The maximum atomic E-state index is 12.3. The Labute approximate surface area is 173 Å². The molecule has 0 radical (unpaired) electrons. The number of nitrogens with zero attached hydrogens (tertiary/aromatic N) is 1. The maximum absolute atomic E-state index is 12.3. The molecule has 0 unspecified atom stereocenters. The Hall–Kier alpha value is -2.48. The number of aromatic nitrogens is 2. The third-order valence-electron chi connectivity index (χ3n) is 3.65. The summed E-state index contributed by atoms with van der Waals surface area (Å²) < 4.78 is 59.0. The van der Waals surface area contributed by atoms with Gasteiger partial charge >= 0.3 is 12.1 Å². The van der Waals surface area contributed by atoms with Crippen LogP contribution in [0.1, 0.15) is 12.6 Å². The molecule has 0 saturated carbocycles. The number of nitrogens with one attached hydrogen (secondary N) is 2. The topological polar surface area (TPSA) is 132 Å². The lowest BCUT2D eigenvalue weighted by molar-refractivity contribution is -0.192. The first-order chi connectivity index (χ1) is 13.8. The molecule has 0 spiro atoms. The van der Waals surface area contributed by atoms with Crippen LogP contribution in [-0.2, 0) is 14.8 Å². The van der Waals surface area contributed by atoms with E-state index in [1.807, 2.05) is 19.1 Å². The van der Waals surface area contributed by atoms with Crippen LogP contribution in [0.5, 0.6) is 0 Å². The summed E-state index contributed by atoms with van der Waals surface area (Å²) in [7, 11) is -3.62. The highest BCUT2D eigenvalue weighted by molar-refractivity contribution is 7.91. The zero-order chi connectivity index (χ0) is 22.7. The van der Waals surface area contributed by atoms with Crippen LogP contribution in [-0.4, -0.2) is 53.4 Å². The lowest BCUT2D eigenvalue weighted by atomic mass is 10.1. The summed E-state index contributed by atoms with van der Waals surface area (Å²) in [5.74, 6) is -2.76. The summed E-state index contributed by atoms with van der Waals surface area (Å²) in [5, 5.41) is 17.1. The van der Waals surface area contributed by atoms with Crippen LogP contribution in [0.2, 0.25) is 0 Å². The van der Waals surface area contributed by atoms with E-state index in [1.165, 1.54) is 11.3 Å². The number of carboxylic acids is 1. The SMILES string of the molecule is Cc1cc2c(-c3ccc(S(=O)(=O)N[C@H](C)CO)s3)ccnc2[nH]1.O=C(O)C(F)(F)F. The van der Waals surface area contributed by atoms with Crippen molar-refractivity contribution in [1.29, 1.82) is 0 Å². The Kier molecular flexibility index (Phi) is 7.23. The van der Waals surface area contributed by atoms with E-state index in [4.69, 9.17) is 15.0 Å². The van der Waals surface area contributed by atoms with Gasteiger partial charge in [0.05, 0.1) is 6.61 Å². The van der Waals surface area contributed by atoms with Crippen molar-refractivity contribution in [3.63, 3.8) is 0 Å². The number of alkyl halides is 3. The zero-order valence-electron chi connectivity index (χ0n) is 15.7. The molecule has 3 heterocycles. The van der Waals surface area contributed by atoms with Crippen LogP contribution < -0.4 is 4.72 Å². The van der Waals surface area contributed by atoms with Gasteiger partial charge in [-0.3, -0.25) is 0 Å². The molecule has 0 fully saturated rings. The number of aromatic amines is 1.